The van der Waals surface area contributed by atoms with Crippen LogP contribution in [0.5, 0.6) is 0 Å². The highest BCUT2D eigenvalue weighted by molar-refractivity contribution is 7.14. The number of rotatable bonds is 6. The molecule has 4 rings (SSSR count). The minimum Gasteiger partial charge on any atom is -0.351 e. The molecule has 0 unspecified atom stereocenters. The van der Waals surface area contributed by atoms with Gasteiger partial charge in [-0.25, -0.2) is 4.98 Å². The van der Waals surface area contributed by atoms with E-state index >= 15 is 0 Å². The Morgan fingerprint density at radius 2 is 2.00 bits per heavy atom. The number of carbonyl (C=O) groups is 2. The summed E-state index contributed by atoms with van der Waals surface area (Å²) in [6, 6.07) is 10.3. The molecule has 0 spiro atoms. The van der Waals surface area contributed by atoms with Crippen LogP contribution in [-0.4, -0.2) is 34.8 Å². The van der Waals surface area contributed by atoms with Crippen LogP contribution in [0.4, 0.5) is 0 Å². The van der Waals surface area contributed by atoms with Gasteiger partial charge in [-0.3, -0.25) is 9.59 Å². The Kier molecular flexibility index (Phi) is 5.83. The predicted molar refractivity (Wildman–Crippen MR) is 113 cm³/mol. The highest BCUT2D eigenvalue weighted by atomic mass is 32.1. The summed E-state index contributed by atoms with van der Waals surface area (Å²) in [7, 11) is 0. The van der Waals surface area contributed by atoms with Gasteiger partial charge in [0.25, 0.3) is 5.91 Å². The molecule has 0 bridgehead atoms. The third-order valence-electron chi connectivity index (χ3n) is 4.84. The Morgan fingerprint density at radius 3 is 2.82 bits per heavy atom. The van der Waals surface area contributed by atoms with E-state index in [1.165, 1.54) is 22.5 Å². The van der Waals surface area contributed by atoms with E-state index in [1.54, 1.807) is 16.7 Å². The molecule has 28 heavy (non-hydrogen) atoms. The summed E-state index contributed by atoms with van der Waals surface area (Å²) in [5.41, 5.74) is 4.05. The van der Waals surface area contributed by atoms with Gasteiger partial charge in [0.1, 0.15) is 10.7 Å². The number of nitrogens with zero attached hydrogens (tertiary/aromatic N) is 2. The molecule has 1 N–H and O–H groups in total. The number of hydrogen-bond acceptors (Lipinski definition) is 5. The monoisotopic (exact) mass is 411 g/mol. The zero-order valence-corrected chi connectivity index (χ0v) is 17.0. The summed E-state index contributed by atoms with van der Waals surface area (Å²) in [5, 5.41) is 9.51. The number of thiazole rings is 1. The lowest BCUT2D eigenvalue weighted by Crippen LogP contribution is -2.36. The molecule has 0 saturated heterocycles. The minimum absolute atomic E-state index is 0.150. The molecule has 0 saturated carbocycles. The number of hydrogen-bond donors (Lipinski definition) is 1. The zero-order valence-electron chi connectivity index (χ0n) is 15.4. The van der Waals surface area contributed by atoms with Crippen LogP contribution in [-0.2, 0) is 17.8 Å². The first-order valence-electron chi connectivity index (χ1n) is 9.31. The van der Waals surface area contributed by atoms with Gasteiger partial charge in [0.2, 0.25) is 5.91 Å². The van der Waals surface area contributed by atoms with Crippen molar-refractivity contribution in [1.29, 1.82) is 0 Å². The fourth-order valence-corrected chi connectivity index (χ4v) is 4.81. The molecule has 5 nitrogen and oxygen atoms in total. The molecule has 3 aromatic rings. The molecule has 1 aliphatic rings. The van der Waals surface area contributed by atoms with Crippen molar-refractivity contribution in [3.8, 4) is 10.6 Å². The van der Waals surface area contributed by atoms with Crippen LogP contribution in [0.25, 0.3) is 10.6 Å². The topological polar surface area (TPSA) is 62.3 Å². The van der Waals surface area contributed by atoms with Crippen LogP contribution in [0.15, 0.2) is 46.5 Å². The summed E-state index contributed by atoms with van der Waals surface area (Å²) >= 11 is 3.08. The lowest BCUT2D eigenvalue weighted by Gasteiger charge is -2.29. The Hall–Kier alpha value is -2.51. The van der Waals surface area contributed by atoms with Gasteiger partial charge in [0.05, 0.1) is 0 Å². The van der Waals surface area contributed by atoms with Crippen LogP contribution in [0.3, 0.4) is 0 Å². The van der Waals surface area contributed by atoms with Gasteiger partial charge >= 0.3 is 0 Å². The zero-order chi connectivity index (χ0) is 19.3. The summed E-state index contributed by atoms with van der Waals surface area (Å²) in [5.74, 6) is -0.0331. The molecule has 3 heterocycles. The maximum atomic E-state index is 12.5. The molecule has 2 aromatic heterocycles. The van der Waals surface area contributed by atoms with Crippen molar-refractivity contribution >= 4 is 34.5 Å². The molecule has 7 heteroatoms. The lowest BCUT2D eigenvalue weighted by molar-refractivity contribution is -0.132. The maximum absolute atomic E-state index is 12.5. The van der Waals surface area contributed by atoms with Crippen molar-refractivity contribution < 1.29 is 9.59 Å². The van der Waals surface area contributed by atoms with E-state index < -0.39 is 0 Å². The average molecular weight is 412 g/mol. The summed E-state index contributed by atoms with van der Waals surface area (Å²) in [6.45, 7) is 1.93. The minimum atomic E-state index is -0.183. The maximum Gasteiger partial charge on any atom is 0.270 e. The van der Waals surface area contributed by atoms with E-state index in [1.807, 2.05) is 33.9 Å². The average Bonchev–Trinajstić information content (AvgIpc) is 3.42. The Labute approximate surface area is 172 Å². The first kappa shape index (κ1) is 18.8. The number of nitrogens with one attached hydrogen (secondary N) is 1. The standard InChI is InChI=1S/C21H21N3O2S2/c25-19(24-10-7-15-4-1-2-5-16(15)12-24)6-3-9-22-20(26)18-14-28-21(23-18)17-8-11-27-13-17/h1-2,4-5,8,11,13-14H,3,6-7,9-10,12H2,(H,22,26). The van der Waals surface area contributed by atoms with E-state index in [2.05, 4.69) is 22.4 Å². The summed E-state index contributed by atoms with van der Waals surface area (Å²) < 4.78 is 0. The second-order valence-electron chi connectivity index (χ2n) is 6.74. The van der Waals surface area contributed by atoms with E-state index in [0.717, 1.165) is 23.5 Å². The number of thiophene rings is 1. The summed E-state index contributed by atoms with van der Waals surface area (Å²) in [4.78, 5) is 31.0. The van der Waals surface area contributed by atoms with Crippen LogP contribution in [0.2, 0.25) is 0 Å². The second-order valence-corrected chi connectivity index (χ2v) is 8.38. The molecule has 144 valence electrons. The SMILES string of the molecule is O=C(NCCCC(=O)N1CCc2ccccc2C1)c1csc(-c2ccsc2)n1. The van der Waals surface area contributed by atoms with Crippen LogP contribution >= 0.6 is 22.7 Å². The van der Waals surface area contributed by atoms with Gasteiger partial charge in [-0.15, -0.1) is 11.3 Å². The third kappa shape index (κ3) is 4.31. The number of amides is 2. The van der Waals surface area contributed by atoms with E-state index in [0.29, 0.717) is 31.6 Å². The van der Waals surface area contributed by atoms with Crippen molar-refractivity contribution in [1.82, 2.24) is 15.2 Å². The smallest absolute Gasteiger partial charge is 0.270 e. The third-order valence-corrected chi connectivity index (χ3v) is 6.42. The van der Waals surface area contributed by atoms with Gasteiger partial charge in [-0.05, 0) is 35.4 Å². The highest BCUT2D eigenvalue weighted by Gasteiger charge is 2.20. The van der Waals surface area contributed by atoms with E-state index in [4.69, 9.17) is 0 Å². The van der Waals surface area contributed by atoms with Crippen molar-refractivity contribution in [2.45, 2.75) is 25.8 Å². The fourth-order valence-electron chi connectivity index (χ4n) is 3.30. The first-order chi connectivity index (χ1) is 13.7. The molecule has 1 aromatic carbocycles. The van der Waals surface area contributed by atoms with Gasteiger partial charge in [-0.2, -0.15) is 11.3 Å². The van der Waals surface area contributed by atoms with Crippen molar-refractivity contribution in [3.05, 3.63) is 63.3 Å². The van der Waals surface area contributed by atoms with Crippen molar-refractivity contribution in [2.24, 2.45) is 0 Å². The molecule has 2 amide bonds. The van der Waals surface area contributed by atoms with Crippen LogP contribution in [0.1, 0.15) is 34.5 Å². The normalized spacial score (nSPS) is 13.2. The summed E-state index contributed by atoms with van der Waals surface area (Å²) in [6.07, 6.45) is 1.98. The van der Waals surface area contributed by atoms with Gasteiger partial charge < -0.3 is 10.2 Å². The lowest BCUT2D eigenvalue weighted by atomic mass is 9.99. The molecule has 1 aliphatic heterocycles. The Bertz CT molecular complexity index is 966. The molecule has 0 radical (unpaired) electrons. The van der Waals surface area contributed by atoms with Crippen molar-refractivity contribution in [2.75, 3.05) is 13.1 Å². The van der Waals surface area contributed by atoms with Gasteiger partial charge in [0.15, 0.2) is 0 Å². The first-order valence-corrected chi connectivity index (χ1v) is 11.1. The Morgan fingerprint density at radius 1 is 1.14 bits per heavy atom. The van der Waals surface area contributed by atoms with Gasteiger partial charge in [0, 0.05) is 42.4 Å². The number of carbonyl (C=O) groups excluding carboxylic acids is 2. The highest BCUT2D eigenvalue weighted by Crippen LogP contribution is 2.25. The van der Waals surface area contributed by atoms with Crippen molar-refractivity contribution in [3.63, 3.8) is 0 Å². The largest absolute Gasteiger partial charge is 0.351 e. The van der Waals surface area contributed by atoms with E-state index in [-0.39, 0.29) is 11.8 Å². The number of aromatic nitrogens is 1. The van der Waals surface area contributed by atoms with Gasteiger partial charge in [-0.1, -0.05) is 24.3 Å². The number of fused-ring (bicyclic) bond motifs is 1. The predicted octanol–water partition coefficient (Wildman–Crippen LogP) is 3.97. The molecular formula is C21H21N3O2S2. The number of benzene rings is 1. The van der Waals surface area contributed by atoms with Crippen LogP contribution < -0.4 is 5.32 Å². The molecule has 0 aliphatic carbocycles. The second kappa shape index (κ2) is 8.67. The molecule has 0 atom stereocenters. The van der Waals surface area contributed by atoms with Crippen LogP contribution in [0, 0.1) is 0 Å². The fraction of sp³-hybridized carbons (Fsp3) is 0.286. The quantitative estimate of drug-likeness (QED) is 0.625. The molecular weight excluding hydrogens is 390 g/mol. The molecule has 0 fully saturated rings. The van der Waals surface area contributed by atoms with E-state index in [9.17, 15) is 9.59 Å². The Balaban J connectivity index is 1.21.